The Labute approximate surface area is 131 Å². The minimum absolute atomic E-state index is 0.0675. The number of hydrogen-bond acceptors (Lipinski definition) is 3. The Balaban J connectivity index is 2.14. The smallest absolute Gasteiger partial charge is 0.143 e. The van der Waals surface area contributed by atoms with E-state index in [0.717, 1.165) is 31.8 Å². The van der Waals surface area contributed by atoms with Gasteiger partial charge in [0, 0.05) is 20.7 Å². The zero-order chi connectivity index (χ0) is 14.3. The van der Waals surface area contributed by atoms with Gasteiger partial charge in [0.2, 0.25) is 0 Å². The molecule has 0 saturated carbocycles. The van der Waals surface area contributed by atoms with Crippen LogP contribution in [-0.4, -0.2) is 9.97 Å². The van der Waals surface area contributed by atoms with Gasteiger partial charge in [0.15, 0.2) is 0 Å². The second-order valence-corrected chi connectivity index (χ2v) is 7.51. The van der Waals surface area contributed by atoms with Gasteiger partial charge in [0.1, 0.15) is 10.7 Å². The predicted molar refractivity (Wildman–Crippen MR) is 89.3 cm³/mol. The van der Waals surface area contributed by atoms with Crippen molar-refractivity contribution in [2.75, 3.05) is 0 Å². The summed E-state index contributed by atoms with van der Waals surface area (Å²) in [6, 6.07) is 10.2. The fourth-order valence-electron chi connectivity index (χ4n) is 1.97. The van der Waals surface area contributed by atoms with Gasteiger partial charge in [-0.2, -0.15) is 0 Å². The van der Waals surface area contributed by atoms with Crippen LogP contribution in [0.25, 0.3) is 21.6 Å². The molecule has 4 heteroatoms. The van der Waals surface area contributed by atoms with E-state index < -0.39 is 0 Å². The molecule has 102 valence electrons. The highest BCUT2D eigenvalue weighted by Crippen LogP contribution is 2.34. The molecule has 0 saturated heterocycles. The van der Waals surface area contributed by atoms with E-state index in [0.29, 0.717) is 0 Å². The number of hydrogen-bond donors (Lipinski definition) is 0. The summed E-state index contributed by atoms with van der Waals surface area (Å²) in [6.07, 6.45) is 0. The van der Waals surface area contributed by atoms with E-state index in [1.54, 1.807) is 11.3 Å². The molecule has 20 heavy (non-hydrogen) atoms. The van der Waals surface area contributed by atoms with Crippen LogP contribution in [0.2, 0.25) is 0 Å². The Kier molecular flexibility index (Phi) is 3.38. The van der Waals surface area contributed by atoms with Gasteiger partial charge in [0.25, 0.3) is 0 Å². The summed E-state index contributed by atoms with van der Waals surface area (Å²) in [7, 11) is 0. The van der Waals surface area contributed by atoms with Crippen molar-refractivity contribution in [2.24, 2.45) is 0 Å². The maximum atomic E-state index is 4.75. The van der Waals surface area contributed by atoms with Crippen LogP contribution in [0.3, 0.4) is 0 Å². The molecule has 2 heterocycles. The lowest BCUT2D eigenvalue weighted by atomic mass is 9.93. The van der Waals surface area contributed by atoms with Crippen LogP contribution in [0, 0.1) is 0 Å². The normalized spacial score (nSPS) is 12.0. The minimum Gasteiger partial charge on any atom is -0.244 e. The SMILES string of the molecule is CC(C)(C)c1csc(-c2nc3ccccc3cc2Br)n1. The third-order valence-electron chi connectivity index (χ3n) is 3.15. The van der Waals surface area contributed by atoms with Crippen molar-refractivity contribution in [3.05, 3.63) is 45.9 Å². The van der Waals surface area contributed by atoms with E-state index in [4.69, 9.17) is 9.97 Å². The zero-order valence-corrected chi connectivity index (χ0v) is 14.0. The monoisotopic (exact) mass is 346 g/mol. The first-order valence-corrected chi connectivity index (χ1v) is 8.14. The van der Waals surface area contributed by atoms with Gasteiger partial charge in [-0.15, -0.1) is 11.3 Å². The molecule has 0 aliphatic heterocycles. The van der Waals surface area contributed by atoms with Gasteiger partial charge in [0.05, 0.1) is 11.2 Å². The standard InChI is InChI=1S/C16H15BrN2S/c1-16(2,3)13-9-20-15(19-13)14-11(17)8-10-6-4-5-7-12(10)18-14/h4-9H,1-3H3. The first-order valence-electron chi connectivity index (χ1n) is 6.47. The van der Waals surface area contributed by atoms with E-state index in [9.17, 15) is 0 Å². The zero-order valence-electron chi connectivity index (χ0n) is 11.6. The molecule has 2 nitrogen and oxygen atoms in total. The van der Waals surface area contributed by atoms with Gasteiger partial charge >= 0.3 is 0 Å². The summed E-state index contributed by atoms with van der Waals surface area (Å²) in [5.74, 6) is 0. The fourth-order valence-corrected chi connectivity index (χ4v) is 3.67. The number of benzene rings is 1. The van der Waals surface area contributed by atoms with Crippen LogP contribution >= 0.6 is 27.3 Å². The van der Waals surface area contributed by atoms with E-state index in [1.165, 1.54) is 0 Å². The first-order chi connectivity index (χ1) is 9.45. The van der Waals surface area contributed by atoms with Crippen LogP contribution in [0.15, 0.2) is 40.2 Å². The van der Waals surface area contributed by atoms with Crippen LogP contribution in [-0.2, 0) is 5.41 Å². The van der Waals surface area contributed by atoms with Crippen molar-refractivity contribution >= 4 is 38.2 Å². The number of fused-ring (bicyclic) bond motifs is 1. The lowest BCUT2D eigenvalue weighted by Gasteiger charge is -2.14. The first kappa shape index (κ1) is 13.7. The number of pyridine rings is 1. The maximum Gasteiger partial charge on any atom is 0.143 e. The van der Waals surface area contributed by atoms with Crippen LogP contribution < -0.4 is 0 Å². The van der Waals surface area contributed by atoms with E-state index in [2.05, 4.69) is 54.2 Å². The summed E-state index contributed by atoms with van der Waals surface area (Å²) in [4.78, 5) is 9.49. The number of para-hydroxylation sites is 1. The second-order valence-electron chi connectivity index (χ2n) is 5.80. The van der Waals surface area contributed by atoms with Crippen LogP contribution in [0.4, 0.5) is 0 Å². The summed E-state index contributed by atoms with van der Waals surface area (Å²) >= 11 is 5.27. The third kappa shape index (κ3) is 2.50. The molecule has 3 rings (SSSR count). The number of halogens is 1. The molecule has 2 aromatic heterocycles. The molecule has 0 N–H and O–H groups in total. The van der Waals surface area contributed by atoms with Crippen molar-refractivity contribution < 1.29 is 0 Å². The van der Waals surface area contributed by atoms with Crippen molar-refractivity contribution in [3.63, 3.8) is 0 Å². The summed E-state index contributed by atoms with van der Waals surface area (Å²) in [6.45, 7) is 6.53. The lowest BCUT2D eigenvalue weighted by Crippen LogP contribution is -2.11. The predicted octanol–water partition coefficient (Wildman–Crippen LogP) is 5.42. The largest absolute Gasteiger partial charge is 0.244 e. The summed E-state index contributed by atoms with van der Waals surface area (Å²) < 4.78 is 0.992. The average molecular weight is 347 g/mol. The molecular formula is C16H15BrN2S. The molecule has 0 radical (unpaired) electrons. The molecule has 0 fully saturated rings. The molecule has 0 spiro atoms. The van der Waals surface area contributed by atoms with Gasteiger partial charge in [-0.05, 0) is 28.1 Å². The van der Waals surface area contributed by atoms with Crippen molar-refractivity contribution in [2.45, 2.75) is 26.2 Å². The molecule has 0 unspecified atom stereocenters. The van der Waals surface area contributed by atoms with Crippen molar-refractivity contribution in [3.8, 4) is 10.7 Å². The highest BCUT2D eigenvalue weighted by atomic mass is 79.9. The van der Waals surface area contributed by atoms with E-state index in [1.807, 2.05) is 18.2 Å². The molecule has 0 amide bonds. The second kappa shape index (κ2) is 4.93. The Morgan fingerprint density at radius 2 is 1.85 bits per heavy atom. The van der Waals surface area contributed by atoms with Gasteiger partial charge in [-0.1, -0.05) is 39.0 Å². The minimum atomic E-state index is 0.0675. The quantitative estimate of drug-likeness (QED) is 0.587. The molecule has 3 aromatic rings. The number of nitrogens with zero attached hydrogens (tertiary/aromatic N) is 2. The van der Waals surface area contributed by atoms with E-state index >= 15 is 0 Å². The van der Waals surface area contributed by atoms with E-state index in [-0.39, 0.29) is 5.41 Å². The molecular weight excluding hydrogens is 332 g/mol. The van der Waals surface area contributed by atoms with Crippen LogP contribution in [0.5, 0.6) is 0 Å². The number of aromatic nitrogens is 2. The van der Waals surface area contributed by atoms with Crippen molar-refractivity contribution in [1.29, 1.82) is 0 Å². The molecule has 0 aliphatic carbocycles. The molecule has 0 aliphatic rings. The topological polar surface area (TPSA) is 25.8 Å². The molecule has 0 bridgehead atoms. The average Bonchev–Trinajstić information content (AvgIpc) is 2.87. The Morgan fingerprint density at radius 3 is 2.55 bits per heavy atom. The highest BCUT2D eigenvalue weighted by Gasteiger charge is 2.19. The van der Waals surface area contributed by atoms with Crippen molar-refractivity contribution in [1.82, 2.24) is 9.97 Å². The summed E-state index contributed by atoms with van der Waals surface area (Å²) in [5, 5.41) is 4.22. The highest BCUT2D eigenvalue weighted by molar-refractivity contribution is 9.10. The Bertz CT molecular complexity index is 771. The van der Waals surface area contributed by atoms with Gasteiger partial charge in [-0.3, -0.25) is 0 Å². The molecule has 1 aromatic carbocycles. The maximum absolute atomic E-state index is 4.75. The van der Waals surface area contributed by atoms with Gasteiger partial charge in [-0.25, -0.2) is 9.97 Å². The van der Waals surface area contributed by atoms with Crippen LogP contribution in [0.1, 0.15) is 26.5 Å². The van der Waals surface area contributed by atoms with Gasteiger partial charge < -0.3 is 0 Å². The number of rotatable bonds is 1. The lowest BCUT2D eigenvalue weighted by molar-refractivity contribution is 0.573. The fraction of sp³-hybridized carbons (Fsp3) is 0.250. The Morgan fingerprint density at radius 1 is 1.10 bits per heavy atom. The summed E-state index contributed by atoms with van der Waals surface area (Å²) in [5.41, 5.74) is 3.10. The number of thiazole rings is 1. The third-order valence-corrected chi connectivity index (χ3v) is 4.61. The molecule has 0 atom stereocenters. The Hall–Kier alpha value is -1.26.